The Labute approximate surface area is 157 Å². The van der Waals surface area contributed by atoms with Gasteiger partial charge in [-0.25, -0.2) is 0 Å². The maximum atomic E-state index is 12.1. The zero-order valence-corrected chi connectivity index (χ0v) is 15.6. The van der Waals surface area contributed by atoms with Crippen LogP contribution in [0.3, 0.4) is 0 Å². The Morgan fingerprint density at radius 2 is 1.69 bits per heavy atom. The minimum Gasteiger partial charge on any atom is -0.490 e. The number of nitrogens with one attached hydrogen (secondary N) is 2. The molecule has 2 aromatic rings. The number of non-ortho nitro benzene ring substituents is 1. The van der Waals surface area contributed by atoms with Crippen molar-refractivity contribution in [2.24, 2.45) is 0 Å². The number of nitro benzene ring substituents is 1. The monoisotopic (exact) mass is 421 g/mol. The largest absolute Gasteiger partial charge is 0.490 e. The summed E-state index contributed by atoms with van der Waals surface area (Å²) in [5.41, 5.74) is 4.63. The van der Waals surface area contributed by atoms with Crippen LogP contribution in [0.2, 0.25) is 0 Å². The molecule has 0 aliphatic rings. The summed E-state index contributed by atoms with van der Waals surface area (Å²) in [6.45, 7) is 3.77. The SMILES string of the molecule is CC(C)Oc1ccc(C(=O)NNC(=O)c2cccc([N+](=O)[O-])c2)cc1Br. The fraction of sp³-hybridized carbons (Fsp3) is 0.176. The third kappa shape index (κ3) is 5.03. The maximum Gasteiger partial charge on any atom is 0.270 e. The number of hydrogen-bond acceptors (Lipinski definition) is 5. The molecule has 0 saturated carbocycles. The Bertz CT molecular complexity index is 854. The van der Waals surface area contributed by atoms with Crippen molar-refractivity contribution < 1.29 is 19.2 Å². The number of rotatable bonds is 5. The average Bonchev–Trinajstić information content (AvgIpc) is 2.60. The first kappa shape index (κ1) is 19.4. The second kappa shape index (κ2) is 8.43. The Hall–Kier alpha value is -2.94. The van der Waals surface area contributed by atoms with Gasteiger partial charge < -0.3 is 4.74 Å². The third-order valence-corrected chi connectivity index (χ3v) is 3.79. The quantitative estimate of drug-likeness (QED) is 0.568. The highest BCUT2D eigenvalue weighted by Crippen LogP contribution is 2.26. The van der Waals surface area contributed by atoms with Crippen molar-refractivity contribution in [3.8, 4) is 5.75 Å². The summed E-state index contributed by atoms with van der Waals surface area (Å²) < 4.78 is 6.16. The fourth-order valence-corrected chi connectivity index (χ4v) is 2.48. The molecular formula is C17H16BrN3O5. The predicted octanol–water partition coefficient (Wildman–Crippen LogP) is 3.22. The minimum absolute atomic E-state index is 0.0137. The van der Waals surface area contributed by atoms with Crippen LogP contribution < -0.4 is 15.6 Å². The maximum absolute atomic E-state index is 12.1. The fourth-order valence-electron chi connectivity index (χ4n) is 2.01. The number of carbonyl (C=O) groups is 2. The Kier molecular flexibility index (Phi) is 6.29. The second-order valence-electron chi connectivity index (χ2n) is 5.53. The van der Waals surface area contributed by atoms with Gasteiger partial charge in [-0.3, -0.25) is 30.6 Å². The normalized spacial score (nSPS) is 10.3. The molecule has 0 heterocycles. The van der Waals surface area contributed by atoms with E-state index in [1.165, 1.54) is 18.2 Å². The van der Waals surface area contributed by atoms with E-state index in [0.717, 1.165) is 6.07 Å². The summed E-state index contributed by atoms with van der Waals surface area (Å²) in [4.78, 5) is 34.3. The van der Waals surface area contributed by atoms with Crippen LogP contribution in [0, 0.1) is 10.1 Å². The highest BCUT2D eigenvalue weighted by molar-refractivity contribution is 9.10. The van der Waals surface area contributed by atoms with Crippen molar-refractivity contribution in [3.05, 3.63) is 68.2 Å². The summed E-state index contributed by atoms with van der Waals surface area (Å²) in [6, 6.07) is 9.94. The first-order valence-electron chi connectivity index (χ1n) is 7.59. The van der Waals surface area contributed by atoms with Gasteiger partial charge in [-0.05, 0) is 54.0 Å². The van der Waals surface area contributed by atoms with Gasteiger partial charge in [0.2, 0.25) is 0 Å². The lowest BCUT2D eigenvalue weighted by molar-refractivity contribution is -0.384. The topological polar surface area (TPSA) is 111 Å². The lowest BCUT2D eigenvalue weighted by atomic mass is 10.2. The van der Waals surface area contributed by atoms with Crippen LogP contribution in [0.25, 0.3) is 0 Å². The smallest absolute Gasteiger partial charge is 0.270 e. The third-order valence-electron chi connectivity index (χ3n) is 3.17. The van der Waals surface area contributed by atoms with Crippen molar-refractivity contribution >= 4 is 33.4 Å². The summed E-state index contributed by atoms with van der Waals surface area (Å²) in [5.74, 6) is -0.612. The lowest BCUT2D eigenvalue weighted by Gasteiger charge is -2.12. The number of amides is 2. The van der Waals surface area contributed by atoms with Gasteiger partial charge in [-0.1, -0.05) is 6.07 Å². The molecule has 2 N–H and O–H groups in total. The van der Waals surface area contributed by atoms with Crippen LogP contribution >= 0.6 is 15.9 Å². The van der Waals surface area contributed by atoms with Gasteiger partial charge in [0.25, 0.3) is 17.5 Å². The standard InChI is InChI=1S/C17H16BrN3O5/c1-10(2)26-15-7-6-12(9-14(15)18)17(23)20-19-16(22)11-4-3-5-13(8-11)21(24)25/h3-10H,1-2H3,(H,19,22)(H,20,23). The van der Waals surface area contributed by atoms with E-state index in [9.17, 15) is 19.7 Å². The van der Waals surface area contributed by atoms with E-state index >= 15 is 0 Å². The molecule has 2 rings (SSSR count). The molecule has 0 bridgehead atoms. The van der Waals surface area contributed by atoms with Crippen LogP contribution in [0.4, 0.5) is 5.69 Å². The van der Waals surface area contributed by atoms with E-state index < -0.39 is 16.7 Å². The molecule has 26 heavy (non-hydrogen) atoms. The Morgan fingerprint density at radius 1 is 1.08 bits per heavy atom. The van der Waals surface area contributed by atoms with Crippen molar-refractivity contribution in [2.75, 3.05) is 0 Å². The molecule has 0 aromatic heterocycles. The van der Waals surface area contributed by atoms with E-state index in [4.69, 9.17) is 4.74 Å². The molecule has 0 aliphatic heterocycles. The van der Waals surface area contributed by atoms with Crippen molar-refractivity contribution in [1.82, 2.24) is 10.9 Å². The minimum atomic E-state index is -0.666. The van der Waals surface area contributed by atoms with Crippen molar-refractivity contribution in [1.29, 1.82) is 0 Å². The average molecular weight is 422 g/mol. The van der Waals surface area contributed by atoms with Gasteiger partial charge in [0.1, 0.15) is 5.75 Å². The molecule has 0 unspecified atom stereocenters. The number of nitrogens with zero attached hydrogens (tertiary/aromatic N) is 1. The summed E-state index contributed by atoms with van der Waals surface area (Å²) in [6.07, 6.45) is -0.0137. The lowest BCUT2D eigenvalue weighted by Crippen LogP contribution is -2.41. The number of ether oxygens (including phenoxy) is 1. The van der Waals surface area contributed by atoms with Gasteiger partial charge in [0, 0.05) is 23.3 Å². The van der Waals surface area contributed by atoms with Crippen LogP contribution in [0.1, 0.15) is 34.6 Å². The Morgan fingerprint density at radius 3 is 2.23 bits per heavy atom. The first-order chi connectivity index (χ1) is 12.3. The molecule has 9 heteroatoms. The molecule has 0 atom stereocenters. The van der Waals surface area contributed by atoms with E-state index in [1.54, 1.807) is 18.2 Å². The van der Waals surface area contributed by atoms with Gasteiger partial charge in [-0.15, -0.1) is 0 Å². The zero-order chi connectivity index (χ0) is 19.3. The molecule has 0 fully saturated rings. The molecular weight excluding hydrogens is 406 g/mol. The van der Waals surface area contributed by atoms with E-state index in [2.05, 4.69) is 26.8 Å². The molecule has 0 saturated heterocycles. The molecule has 0 spiro atoms. The second-order valence-corrected chi connectivity index (χ2v) is 6.38. The molecule has 8 nitrogen and oxygen atoms in total. The Balaban J connectivity index is 2.02. The molecule has 136 valence electrons. The number of nitro groups is 1. The van der Waals surface area contributed by atoms with Gasteiger partial charge >= 0.3 is 0 Å². The number of halogens is 1. The van der Waals surface area contributed by atoms with Crippen LogP contribution in [-0.4, -0.2) is 22.8 Å². The highest BCUT2D eigenvalue weighted by atomic mass is 79.9. The zero-order valence-electron chi connectivity index (χ0n) is 14.0. The van der Waals surface area contributed by atoms with Crippen molar-refractivity contribution in [3.63, 3.8) is 0 Å². The number of carbonyl (C=O) groups excluding carboxylic acids is 2. The molecule has 0 aliphatic carbocycles. The van der Waals surface area contributed by atoms with Crippen molar-refractivity contribution in [2.45, 2.75) is 20.0 Å². The van der Waals surface area contributed by atoms with E-state index in [-0.39, 0.29) is 17.4 Å². The summed E-state index contributed by atoms with van der Waals surface area (Å²) in [7, 11) is 0. The predicted molar refractivity (Wildman–Crippen MR) is 97.9 cm³/mol. The molecule has 2 amide bonds. The summed E-state index contributed by atoms with van der Waals surface area (Å²) >= 11 is 3.33. The van der Waals surface area contributed by atoms with Gasteiger partial charge in [0.05, 0.1) is 15.5 Å². The first-order valence-corrected chi connectivity index (χ1v) is 8.38. The number of benzene rings is 2. The molecule has 2 aromatic carbocycles. The van der Waals surface area contributed by atoms with Gasteiger partial charge in [-0.2, -0.15) is 0 Å². The van der Waals surface area contributed by atoms with Crippen LogP contribution in [0.15, 0.2) is 46.9 Å². The highest BCUT2D eigenvalue weighted by Gasteiger charge is 2.14. The number of hydrogen-bond donors (Lipinski definition) is 2. The molecule has 0 radical (unpaired) electrons. The van der Waals surface area contributed by atoms with Crippen LogP contribution in [0.5, 0.6) is 5.75 Å². The number of hydrazine groups is 1. The van der Waals surface area contributed by atoms with E-state index in [0.29, 0.717) is 15.8 Å². The van der Waals surface area contributed by atoms with Crippen LogP contribution in [-0.2, 0) is 0 Å². The summed E-state index contributed by atoms with van der Waals surface area (Å²) in [5, 5.41) is 10.7. The van der Waals surface area contributed by atoms with Gasteiger partial charge in [0.15, 0.2) is 0 Å². The van der Waals surface area contributed by atoms with E-state index in [1.807, 2.05) is 13.8 Å².